The Kier molecular flexibility index (Phi) is 7.88. The van der Waals surface area contributed by atoms with Gasteiger partial charge in [-0.3, -0.25) is 9.78 Å². The lowest BCUT2D eigenvalue weighted by Gasteiger charge is -2.27. The van der Waals surface area contributed by atoms with E-state index >= 15 is 0 Å². The summed E-state index contributed by atoms with van der Waals surface area (Å²) in [4.78, 5) is 20.7. The van der Waals surface area contributed by atoms with Crippen molar-refractivity contribution in [2.45, 2.75) is 37.8 Å². The van der Waals surface area contributed by atoms with Crippen LogP contribution >= 0.6 is 12.4 Å². The van der Waals surface area contributed by atoms with E-state index in [9.17, 15) is 18.0 Å². The Morgan fingerprint density at radius 3 is 2.39 bits per heavy atom. The molecule has 1 saturated carbocycles. The van der Waals surface area contributed by atoms with Crippen molar-refractivity contribution in [2.75, 3.05) is 5.32 Å². The normalized spacial score (nSPS) is 17.7. The van der Waals surface area contributed by atoms with Gasteiger partial charge >= 0.3 is 0 Å². The van der Waals surface area contributed by atoms with Crippen LogP contribution in [0.15, 0.2) is 48.8 Å². The predicted octanol–water partition coefficient (Wildman–Crippen LogP) is 4.88. The summed E-state index contributed by atoms with van der Waals surface area (Å²) in [6.07, 6.45) is 6.23. The molecule has 1 aromatic carbocycles. The van der Waals surface area contributed by atoms with E-state index in [1.54, 1.807) is 6.07 Å². The van der Waals surface area contributed by atoms with Crippen LogP contribution in [0.4, 0.5) is 18.9 Å². The Morgan fingerprint density at radius 1 is 1.00 bits per heavy atom. The molecule has 1 aliphatic carbocycles. The van der Waals surface area contributed by atoms with Gasteiger partial charge in [0.05, 0.1) is 17.9 Å². The molecule has 4 rings (SSSR count). The number of carbonyl (C=O) groups excluding carboxylic acids is 1. The van der Waals surface area contributed by atoms with Crippen molar-refractivity contribution in [2.24, 2.45) is 5.73 Å². The van der Waals surface area contributed by atoms with Crippen LogP contribution in [-0.2, 0) is 0 Å². The number of ether oxygens (including phenoxy) is 1. The van der Waals surface area contributed by atoms with Gasteiger partial charge in [-0.1, -0.05) is 6.07 Å². The standard InChI is InChI=1S/C23H21F3N4O2.ClH/c24-15-2-1-3-16(25)21(15)22-17(26)8-9-18(29-22)23(31)30-19-12-28-11-10-20(19)32-14-6-4-13(27)5-7-14;/h1-3,8-14H,4-7,27H2,(H,30,31);1H. The molecule has 174 valence electrons. The zero-order valence-corrected chi connectivity index (χ0v) is 18.2. The Labute approximate surface area is 194 Å². The zero-order valence-electron chi connectivity index (χ0n) is 17.4. The highest BCUT2D eigenvalue weighted by Crippen LogP contribution is 2.30. The number of nitrogens with zero attached hydrogens (tertiary/aromatic N) is 2. The van der Waals surface area contributed by atoms with Gasteiger partial charge in [0.15, 0.2) is 0 Å². The van der Waals surface area contributed by atoms with Crippen molar-refractivity contribution < 1.29 is 22.7 Å². The minimum absolute atomic E-state index is 0. The first-order chi connectivity index (χ1) is 15.4. The van der Waals surface area contributed by atoms with Gasteiger partial charge in [-0.2, -0.15) is 0 Å². The molecule has 0 aliphatic heterocycles. The third-order valence-electron chi connectivity index (χ3n) is 5.32. The highest BCUT2D eigenvalue weighted by atomic mass is 35.5. The number of hydrogen-bond acceptors (Lipinski definition) is 5. The number of hydrogen-bond donors (Lipinski definition) is 2. The Hall–Kier alpha value is -3.17. The van der Waals surface area contributed by atoms with Crippen LogP contribution in [0, 0.1) is 17.5 Å². The summed E-state index contributed by atoms with van der Waals surface area (Å²) < 4.78 is 48.5. The molecule has 33 heavy (non-hydrogen) atoms. The van der Waals surface area contributed by atoms with E-state index in [0.29, 0.717) is 11.4 Å². The summed E-state index contributed by atoms with van der Waals surface area (Å²) >= 11 is 0. The van der Waals surface area contributed by atoms with Crippen LogP contribution in [0.1, 0.15) is 36.2 Å². The predicted molar refractivity (Wildman–Crippen MR) is 120 cm³/mol. The number of amides is 1. The topological polar surface area (TPSA) is 90.1 Å². The van der Waals surface area contributed by atoms with Gasteiger partial charge in [0, 0.05) is 18.3 Å². The molecule has 2 heterocycles. The van der Waals surface area contributed by atoms with Gasteiger partial charge in [-0.15, -0.1) is 12.4 Å². The Balaban J connectivity index is 0.00000306. The van der Waals surface area contributed by atoms with Gasteiger partial charge in [0.1, 0.15) is 40.3 Å². The van der Waals surface area contributed by atoms with Crippen LogP contribution in [0.25, 0.3) is 11.3 Å². The maximum atomic E-state index is 14.3. The van der Waals surface area contributed by atoms with Crippen molar-refractivity contribution in [1.82, 2.24) is 9.97 Å². The lowest BCUT2D eigenvalue weighted by atomic mass is 9.94. The first-order valence-electron chi connectivity index (χ1n) is 10.2. The maximum absolute atomic E-state index is 14.3. The number of benzene rings is 1. The molecular weight excluding hydrogens is 457 g/mol. The maximum Gasteiger partial charge on any atom is 0.274 e. The summed E-state index contributed by atoms with van der Waals surface area (Å²) in [5.74, 6) is -3.19. The number of carbonyl (C=O) groups is 1. The molecule has 0 atom stereocenters. The molecule has 1 amide bonds. The number of rotatable bonds is 5. The third-order valence-corrected chi connectivity index (χ3v) is 5.32. The number of nitrogens with two attached hydrogens (primary N) is 1. The monoisotopic (exact) mass is 478 g/mol. The Morgan fingerprint density at radius 2 is 1.70 bits per heavy atom. The van der Waals surface area contributed by atoms with Crippen LogP contribution in [0.2, 0.25) is 0 Å². The number of anilines is 1. The van der Waals surface area contributed by atoms with Crippen LogP contribution in [0.5, 0.6) is 5.75 Å². The van der Waals surface area contributed by atoms with Crippen molar-refractivity contribution >= 4 is 24.0 Å². The summed E-state index contributed by atoms with van der Waals surface area (Å²) in [7, 11) is 0. The number of nitrogens with one attached hydrogen (secondary N) is 1. The second kappa shape index (κ2) is 10.6. The molecule has 2 aromatic heterocycles. The van der Waals surface area contributed by atoms with E-state index in [2.05, 4.69) is 15.3 Å². The lowest BCUT2D eigenvalue weighted by Crippen LogP contribution is -2.31. The van der Waals surface area contributed by atoms with Gasteiger partial charge in [0.2, 0.25) is 0 Å². The lowest BCUT2D eigenvalue weighted by molar-refractivity contribution is 0.102. The largest absolute Gasteiger partial charge is 0.488 e. The Bertz CT molecular complexity index is 1120. The van der Waals surface area contributed by atoms with E-state index in [1.807, 2.05) is 0 Å². The molecular formula is C23H22ClF3N4O2. The zero-order chi connectivity index (χ0) is 22.7. The number of pyridine rings is 2. The van der Waals surface area contributed by atoms with Crippen molar-refractivity contribution in [1.29, 1.82) is 0 Å². The molecule has 0 spiro atoms. The first kappa shape index (κ1) is 24.5. The second-order valence-corrected chi connectivity index (χ2v) is 7.60. The fraction of sp³-hybridized carbons (Fsp3) is 0.261. The molecule has 3 N–H and O–H groups in total. The first-order valence-corrected chi connectivity index (χ1v) is 10.2. The summed E-state index contributed by atoms with van der Waals surface area (Å²) in [5.41, 5.74) is 4.79. The third kappa shape index (κ3) is 5.61. The van der Waals surface area contributed by atoms with Crippen molar-refractivity contribution in [3.05, 3.63) is 71.9 Å². The summed E-state index contributed by atoms with van der Waals surface area (Å²) in [5, 5.41) is 2.63. The molecule has 1 fully saturated rings. The fourth-order valence-corrected chi connectivity index (χ4v) is 3.62. The van der Waals surface area contributed by atoms with Crippen LogP contribution in [-0.4, -0.2) is 28.0 Å². The number of halogens is 4. The van der Waals surface area contributed by atoms with Crippen molar-refractivity contribution in [3.63, 3.8) is 0 Å². The second-order valence-electron chi connectivity index (χ2n) is 7.60. The highest BCUT2D eigenvalue weighted by molar-refractivity contribution is 6.03. The molecule has 0 radical (unpaired) electrons. The van der Waals surface area contributed by atoms with E-state index in [4.69, 9.17) is 10.5 Å². The summed E-state index contributed by atoms with van der Waals surface area (Å²) in [6.45, 7) is 0. The van der Waals surface area contributed by atoms with E-state index in [-0.39, 0.29) is 30.2 Å². The molecule has 10 heteroatoms. The quantitative estimate of drug-likeness (QED) is 0.545. The minimum atomic E-state index is -0.982. The average Bonchev–Trinajstić information content (AvgIpc) is 2.77. The molecule has 0 saturated heterocycles. The van der Waals surface area contributed by atoms with Crippen molar-refractivity contribution in [3.8, 4) is 17.0 Å². The van der Waals surface area contributed by atoms with Gasteiger partial charge in [-0.05, 0) is 49.9 Å². The molecule has 3 aromatic rings. The highest BCUT2D eigenvalue weighted by Gasteiger charge is 2.23. The van der Waals surface area contributed by atoms with Gasteiger partial charge in [0.25, 0.3) is 5.91 Å². The SMILES string of the molecule is Cl.NC1CCC(Oc2ccncc2NC(=O)c2ccc(F)c(-c3c(F)cccc3F)n2)CC1. The average molecular weight is 479 g/mol. The minimum Gasteiger partial charge on any atom is -0.488 e. The molecule has 1 aliphatic rings. The van der Waals surface area contributed by atoms with E-state index in [0.717, 1.165) is 56.0 Å². The molecule has 0 bridgehead atoms. The molecule has 6 nitrogen and oxygen atoms in total. The van der Waals surface area contributed by atoms with Crippen LogP contribution in [0.3, 0.4) is 0 Å². The fourth-order valence-electron chi connectivity index (χ4n) is 3.62. The summed E-state index contributed by atoms with van der Waals surface area (Å²) in [6, 6.07) is 7.01. The smallest absolute Gasteiger partial charge is 0.274 e. The van der Waals surface area contributed by atoms with E-state index < -0.39 is 34.6 Å². The molecule has 0 unspecified atom stereocenters. The van der Waals surface area contributed by atoms with E-state index in [1.165, 1.54) is 12.4 Å². The number of aromatic nitrogens is 2. The van der Waals surface area contributed by atoms with Gasteiger partial charge < -0.3 is 15.8 Å². The van der Waals surface area contributed by atoms with Crippen LogP contribution < -0.4 is 15.8 Å². The van der Waals surface area contributed by atoms with Gasteiger partial charge in [-0.25, -0.2) is 18.2 Å².